The van der Waals surface area contributed by atoms with Gasteiger partial charge in [0.2, 0.25) is 5.91 Å². The van der Waals surface area contributed by atoms with Gasteiger partial charge in [0.25, 0.3) is 0 Å². The second-order valence-corrected chi connectivity index (χ2v) is 9.41. The van der Waals surface area contributed by atoms with Crippen molar-refractivity contribution in [2.75, 3.05) is 7.11 Å². The molecule has 1 amide bonds. The number of hydrogen-bond acceptors (Lipinski definition) is 5. The number of benzene rings is 2. The normalized spacial score (nSPS) is 11.8. The van der Waals surface area contributed by atoms with Crippen molar-refractivity contribution in [2.45, 2.75) is 53.0 Å². The number of carbonyl (C=O) groups excluding carboxylic acids is 1. The fraction of sp³-hybridized carbons (Fsp3) is 0.333. The summed E-state index contributed by atoms with van der Waals surface area (Å²) in [5, 5.41) is 4.69. The van der Waals surface area contributed by atoms with E-state index in [0.29, 0.717) is 23.4 Å². The Balaban J connectivity index is 1.70. The average molecular weight is 448 g/mol. The molecule has 0 aliphatic carbocycles. The topological polar surface area (TPSA) is 81.7 Å². The molecule has 0 saturated heterocycles. The van der Waals surface area contributed by atoms with Crippen molar-refractivity contribution >= 4 is 27.8 Å². The summed E-state index contributed by atoms with van der Waals surface area (Å²) in [5.41, 5.74) is 4.46. The molecule has 2 aromatic heterocycles. The highest BCUT2D eigenvalue weighted by atomic mass is 16.5. The van der Waals surface area contributed by atoms with Gasteiger partial charge in [0.1, 0.15) is 16.9 Å². The first-order chi connectivity index (χ1) is 15.6. The smallest absolute Gasteiger partial charge is 0.340 e. The van der Waals surface area contributed by atoms with Crippen LogP contribution in [0.1, 0.15) is 48.6 Å². The van der Waals surface area contributed by atoms with Crippen molar-refractivity contribution in [3.63, 3.8) is 0 Å². The number of nitrogens with one attached hydrogen (secondary N) is 1. The lowest BCUT2D eigenvalue weighted by Crippen LogP contribution is -2.27. The maximum absolute atomic E-state index is 12.8. The molecule has 4 aromatic rings. The van der Waals surface area contributed by atoms with Gasteiger partial charge in [-0.1, -0.05) is 39.0 Å². The van der Waals surface area contributed by atoms with Crippen molar-refractivity contribution in [1.29, 1.82) is 0 Å². The molecule has 1 N–H and O–H groups in total. The van der Waals surface area contributed by atoms with E-state index in [1.54, 1.807) is 13.4 Å². The van der Waals surface area contributed by atoms with Crippen molar-refractivity contribution < 1.29 is 18.4 Å². The zero-order valence-electron chi connectivity index (χ0n) is 19.9. The Bertz CT molecular complexity index is 1420. The van der Waals surface area contributed by atoms with Crippen LogP contribution in [0, 0.1) is 13.8 Å². The van der Waals surface area contributed by atoms with Gasteiger partial charge in [-0.2, -0.15) is 0 Å². The van der Waals surface area contributed by atoms with E-state index in [0.717, 1.165) is 38.6 Å². The van der Waals surface area contributed by atoms with Crippen LogP contribution >= 0.6 is 0 Å². The number of aryl methyl sites for hydroxylation is 2. The Hall–Kier alpha value is -3.54. The molecule has 0 spiro atoms. The predicted molar refractivity (Wildman–Crippen MR) is 129 cm³/mol. The molecule has 4 rings (SSSR count). The molecule has 172 valence electrons. The molecule has 0 radical (unpaired) electrons. The third-order valence-electron chi connectivity index (χ3n) is 6.16. The number of para-hydroxylation sites is 1. The fourth-order valence-corrected chi connectivity index (χ4v) is 4.25. The van der Waals surface area contributed by atoms with Crippen molar-refractivity contribution in [1.82, 2.24) is 5.32 Å². The van der Waals surface area contributed by atoms with Crippen LogP contribution in [0.15, 0.2) is 50.2 Å². The molecule has 0 fully saturated rings. The van der Waals surface area contributed by atoms with Gasteiger partial charge in [-0.15, -0.1) is 0 Å². The number of ether oxygens (including phenoxy) is 1. The molecular formula is C27H29NO5. The molecule has 0 atom stereocenters. The number of hydrogen-bond donors (Lipinski definition) is 1. The van der Waals surface area contributed by atoms with Gasteiger partial charge in [-0.05, 0) is 37.0 Å². The van der Waals surface area contributed by atoms with E-state index >= 15 is 0 Å². The van der Waals surface area contributed by atoms with Gasteiger partial charge in [0, 0.05) is 34.0 Å². The number of amides is 1. The Kier molecular flexibility index (Phi) is 5.78. The first kappa shape index (κ1) is 22.6. The highest BCUT2D eigenvalue weighted by Crippen LogP contribution is 2.37. The van der Waals surface area contributed by atoms with E-state index in [9.17, 15) is 9.59 Å². The second kappa shape index (κ2) is 8.43. The second-order valence-electron chi connectivity index (χ2n) is 9.41. The van der Waals surface area contributed by atoms with Gasteiger partial charge in [0.05, 0.1) is 25.4 Å². The molecular weight excluding hydrogens is 418 g/mol. The molecule has 2 aromatic carbocycles. The third kappa shape index (κ3) is 4.13. The van der Waals surface area contributed by atoms with Crippen LogP contribution in [0.25, 0.3) is 21.9 Å². The summed E-state index contributed by atoms with van der Waals surface area (Å²) < 4.78 is 16.9. The zero-order chi connectivity index (χ0) is 23.9. The highest BCUT2D eigenvalue weighted by molar-refractivity contribution is 6.00. The molecule has 0 unspecified atom stereocenters. The molecule has 0 bridgehead atoms. The van der Waals surface area contributed by atoms with Crippen molar-refractivity contribution in [3.8, 4) is 5.75 Å². The van der Waals surface area contributed by atoms with Crippen LogP contribution in [0.2, 0.25) is 0 Å². The van der Waals surface area contributed by atoms with Gasteiger partial charge in [-0.3, -0.25) is 4.79 Å². The zero-order valence-corrected chi connectivity index (χ0v) is 19.9. The third-order valence-corrected chi connectivity index (χ3v) is 6.16. The molecule has 0 aliphatic rings. The first-order valence-electron chi connectivity index (χ1n) is 11.0. The largest absolute Gasteiger partial charge is 0.496 e. The van der Waals surface area contributed by atoms with Gasteiger partial charge in [0.15, 0.2) is 0 Å². The fourth-order valence-electron chi connectivity index (χ4n) is 4.25. The quantitative estimate of drug-likeness (QED) is 0.419. The summed E-state index contributed by atoms with van der Waals surface area (Å²) in [6, 6.07) is 9.50. The van der Waals surface area contributed by atoms with Crippen LogP contribution in [0.4, 0.5) is 0 Å². The number of methoxy groups -OCH3 is 1. The van der Waals surface area contributed by atoms with E-state index in [4.69, 9.17) is 13.6 Å². The summed E-state index contributed by atoms with van der Waals surface area (Å²) in [6.45, 7) is 10.5. The Labute approximate surface area is 192 Å². The van der Waals surface area contributed by atoms with E-state index in [1.165, 1.54) is 0 Å². The predicted octanol–water partition coefficient (Wildman–Crippen LogP) is 5.32. The van der Waals surface area contributed by atoms with E-state index in [-0.39, 0.29) is 17.7 Å². The molecule has 6 nitrogen and oxygen atoms in total. The Morgan fingerprint density at radius 2 is 1.79 bits per heavy atom. The molecule has 0 aliphatic heterocycles. The van der Waals surface area contributed by atoms with Gasteiger partial charge in [-0.25, -0.2) is 4.79 Å². The summed E-state index contributed by atoms with van der Waals surface area (Å²) >= 11 is 0. The average Bonchev–Trinajstić information content (AvgIpc) is 3.21. The maximum atomic E-state index is 12.8. The highest BCUT2D eigenvalue weighted by Gasteiger charge is 2.24. The molecule has 33 heavy (non-hydrogen) atoms. The monoisotopic (exact) mass is 447 g/mol. The summed E-state index contributed by atoms with van der Waals surface area (Å²) in [5.74, 6) is 0.445. The number of carbonyl (C=O) groups is 1. The summed E-state index contributed by atoms with van der Waals surface area (Å²) in [7, 11) is 1.59. The maximum Gasteiger partial charge on any atom is 0.340 e. The first-order valence-corrected chi connectivity index (χ1v) is 11.0. The van der Waals surface area contributed by atoms with Crippen LogP contribution in [-0.2, 0) is 23.2 Å². The van der Waals surface area contributed by atoms with Crippen molar-refractivity contribution in [2.24, 2.45) is 0 Å². The SMILES string of the molecule is COc1ccccc1CNC(=O)Cc1c(C)c2cc3c(C(C)(C)C)coc3c(C)c2oc1=O. The lowest BCUT2D eigenvalue weighted by atomic mass is 9.86. The molecule has 0 saturated carbocycles. The van der Waals surface area contributed by atoms with Crippen LogP contribution in [-0.4, -0.2) is 13.0 Å². The standard InChI is InChI=1S/C27H29NO5/c1-15-18-11-20-21(27(3,4)5)14-32-24(20)16(2)25(18)33-26(30)19(15)12-23(29)28-13-17-9-7-8-10-22(17)31-6/h7-11,14H,12-13H2,1-6H3,(H,28,29). The van der Waals surface area contributed by atoms with Crippen LogP contribution in [0.5, 0.6) is 5.75 Å². The number of fused-ring (bicyclic) bond motifs is 2. The number of rotatable bonds is 5. The van der Waals surface area contributed by atoms with E-state index in [1.807, 2.05) is 44.2 Å². The lowest BCUT2D eigenvalue weighted by molar-refractivity contribution is -0.120. The number of furan rings is 1. The molecule has 2 heterocycles. The summed E-state index contributed by atoms with van der Waals surface area (Å²) in [4.78, 5) is 25.5. The van der Waals surface area contributed by atoms with Gasteiger partial charge >= 0.3 is 5.63 Å². The van der Waals surface area contributed by atoms with E-state index < -0.39 is 5.63 Å². The van der Waals surface area contributed by atoms with Crippen LogP contribution < -0.4 is 15.7 Å². The van der Waals surface area contributed by atoms with Crippen LogP contribution in [0.3, 0.4) is 0 Å². The summed E-state index contributed by atoms with van der Waals surface area (Å²) in [6.07, 6.45) is 1.71. The van der Waals surface area contributed by atoms with E-state index in [2.05, 4.69) is 26.1 Å². The van der Waals surface area contributed by atoms with Gasteiger partial charge < -0.3 is 18.9 Å². The minimum Gasteiger partial charge on any atom is -0.496 e. The minimum atomic E-state index is -0.502. The lowest BCUT2D eigenvalue weighted by Gasteiger charge is -2.17. The molecule has 6 heteroatoms. The van der Waals surface area contributed by atoms with Crippen molar-refractivity contribution in [3.05, 3.63) is 74.8 Å². The Morgan fingerprint density at radius 1 is 1.06 bits per heavy atom. The Morgan fingerprint density at radius 3 is 2.48 bits per heavy atom. The minimum absolute atomic E-state index is 0.0617.